The molecule has 0 spiro atoms. The molecule has 0 saturated heterocycles. The Morgan fingerprint density at radius 1 is 0.719 bits per heavy atom. The average Bonchev–Trinajstić information content (AvgIpc) is 2.73. The zero-order valence-electron chi connectivity index (χ0n) is 20.3. The van der Waals surface area contributed by atoms with E-state index in [0.717, 1.165) is 19.3 Å². The molecule has 7 nitrogen and oxygen atoms in total. The summed E-state index contributed by atoms with van der Waals surface area (Å²) in [5.74, 6) is -3.09. The third kappa shape index (κ3) is 20.0. The molecule has 0 aromatic carbocycles. The van der Waals surface area contributed by atoms with Crippen molar-refractivity contribution >= 4 is 23.8 Å². The summed E-state index contributed by atoms with van der Waals surface area (Å²) in [6, 6.07) is -1.12. The van der Waals surface area contributed by atoms with Crippen LogP contribution in [0.3, 0.4) is 0 Å². The first-order valence-corrected chi connectivity index (χ1v) is 12.6. The number of hydrogen-bond acceptors (Lipinski definition) is 5. The smallest absolute Gasteiger partial charge is 0.336 e. The Balaban J connectivity index is 3.66. The zero-order chi connectivity index (χ0) is 24.0. The highest BCUT2D eigenvalue weighted by molar-refractivity contribution is 5.91. The van der Waals surface area contributed by atoms with Gasteiger partial charge in [-0.2, -0.15) is 0 Å². The number of carboxylic acids is 1. The number of esters is 2. The largest absolute Gasteiger partial charge is 0.481 e. The van der Waals surface area contributed by atoms with Gasteiger partial charge in [0.1, 0.15) is 6.04 Å². The number of ether oxygens (including phenoxy) is 1. The summed E-state index contributed by atoms with van der Waals surface area (Å²) in [6.45, 7) is 3.47. The highest BCUT2D eigenvalue weighted by Crippen LogP contribution is 2.14. The van der Waals surface area contributed by atoms with Crippen LogP contribution in [0.5, 0.6) is 0 Å². The van der Waals surface area contributed by atoms with E-state index in [9.17, 15) is 19.2 Å². The van der Waals surface area contributed by atoms with Crippen molar-refractivity contribution in [3.8, 4) is 0 Å². The van der Waals surface area contributed by atoms with Gasteiger partial charge < -0.3 is 15.2 Å². The van der Waals surface area contributed by atoms with Gasteiger partial charge >= 0.3 is 17.9 Å². The van der Waals surface area contributed by atoms with E-state index in [1.165, 1.54) is 77.6 Å². The lowest BCUT2D eigenvalue weighted by Crippen LogP contribution is -2.41. The van der Waals surface area contributed by atoms with Gasteiger partial charge in [0.2, 0.25) is 5.91 Å². The Morgan fingerprint density at radius 3 is 1.56 bits per heavy atom. The van der Waals surface area contributed by atoms with Gasteiger partial charge in [-0.3, -0.25) is 14.4 Å². The van der Waals surface area contributed by atoms with E-state index in [-0.39, 0.29) is 19.3 Å². The Kier molecular flexibility index (Phi) is 19.7. The molecule has 0 rings (SSSR count). The summed E-state index contributed by atoms with van der Waals surface area (Å²) in [7, 11) is 0. The second-order valence-corrected chi connectivity index (χ2v) is 8.68. The zero-order valence-corrected chi connectivity index (χ0v) is 20.3. The number of unbranched alkanes of at least 4 members (excludes halogenated alkanes) is 14. The highest BCUT2D eigenvalue weighted by Gasteiger charge is 2.24. The quantitative estimate of drug-likeness (QED) is 0.131. The van der Waals surface area contributed by atoms with Crippen molar-refractivity contribution in [1.29, 1.82) is 0 Å². The van der Waals surface area contributed by atoms with Crippen LogP contribution >= 0.6 is 0 Å². The van der Waals surface area contributed by atoms with E-state index in [1.54, 1.807) is 0 Å². The Labute approximate surface area is 194 Å². The molecule has 0 aliphatic heterocycles. The molecule has 0 unspecified atom stereocenters. The molecule has 0 aromatic rings. The van der Waals surface area contributed by atoms with E-state index >= 15 is 0 Å². The maximum Gasteiger partial charge on any atom is 0.336 e. The molecule has 0 radical (unpaired) electrons. The lowest BCUT2D eigenvalue weighted by Gasteiger charge is -2.15. The second-order valence-electron chi connectivity index (χ2n) is 8.68. The van der Waals surface area contributed by atoms with Crippen LogP contribution in [0.2, 0.25) is 0 Å². The topological polar surface area (TPSA) is 110 Å². The van der Waals surface area contributed by atoms with Crippen molar-refractivity contribution in [3.63, 3.8) is 0 Å². The summed E-state index contributed by atoms with van der Waals surface area (Å²) in [4.78, 5) is 45.7. The number of carboxylic acid groups (broad SMARTS) is 1. The first-order chi connectivity index (χ1) is 15.4. The lowest BCUT2D eigenvalue weighted by atomic mass is 10.0. The third-order valence-corrected chi connectivity index (χ3v) is 5.51. The summed E-state index contributed by atoms with van der Waals surface area (Å²) in [5, 5.41) is 11.1. The highest BCUT2D eigenvalue weighted by atomic mass is 16.6. The second kappa shape index (κ2) is 21.0. The monoisotopic (exact) mass is 455 g/mol. The number of carbonyl (C=O) groups is 4. The molecule has 0 fully saturated rings. The fourth-order valence-corrected chi connectivity index (χ4v) is 3.64. The van der Waals surface area contributed by atoms with Gasteiger partial charge in [-0.25, -0.2) is 4.79 Å². The van der Waals surface area contributed by atoms with Gasteiger partial charge in [0.05, 0.1) is 0 Å². The van der Waals surface area contributed by atoms with Crippen LogP contribution in [-0.2, 0) is 23.9 Å². The summed E-state index contributed by atoms with van der Waals surface area (Å²) < 4.78 is 4.78. The van der Waals surface area contributed by atoms with E-state index in [1.807, 2.05) is 0 Å². The lowest BCUT2D eigenvalue weighted by molar-refractivity contribution is -0.162. The third-order valence-electron chi connectivity index (χ3n) is 5.51. The van der Waals surface area contributed by atoms with Crippen LogP contribution in [0.25, 0.3) is 0 Å². The molecule has 32 heavy (non-hydrogen) atoms. The molecule has 0 saturated carbocycles. The van der Waals surface area contributed by atoms with E-state index < -0.39 is 29.9 Å². The molecule has 7 heteroatoms. The van der Waals surface area contributed by atoms with Gasteiger partial charge in [-0.05, 0) is 12.8 Å². The number of nitrogens with one attached hydrogen (secondary N) is 1. The predicted octanol–water partition coefficient (Wildman–Crippen LogP) is 5.69. The maximum atomic E-state index is 12.0. The van der Waals surface area contributed by atoms with Crippen molar-refractivity contribution in [1.82, 2.24) is 5.32 Å². The molecule has 0 aromatic heterocycles. The fourth-order valence-electron chi connectivity index (χ4n) is 3.64. The maximum absolute atomic E-state index is 12.0. The molecular formula is C25H45NO6. The SMILES string of the molecule is CCCCCCCCCCCCCCCCCC(=O)OC(=O)[C@H](CCC(=O)O)NC(C)=O. The predicted molar refractivity (Wildman–Crippen MR) is 125 cm³/mol. The van der Waals surface area contributed by atoms with Crippen molar-refractivity contribution < 1.29 is 29.0 Å². The number of hydrogen-bond donors (Lipinski definition) is 2. The molecule has 186 valence electrons. The molecule has 0 aliphatic rings. The Morgan fingerprint density at radius 2 is 1.16 bits per heavy atom. The molecular weight excluding hydrogens is 410 g/mol. The molecule has 1 amide bonds. The average molecular weight is 456 g/mol. The number of amides is 1. The number of aliphatic carboxylic acids is 1. The fraction of sp³-hybridized carbons (Fsp3) is 0.840. The number of carbonyl (C=O) groups excluding carboxylic acids is 3. The normalized spacial score (nSPS) is 11.7. The standard InChI is InChI=1S/C25H45NO6/c1-3-4-5-6-7-8-9-10-11-12-13-14-15-16-17-18-24(30)32-25(31)22(26-21(2)27)19-20-23(28)29/h22H,3-20H2,1-2H3,(H,26,27)(H,28,29)/t22-/m0/s1. The van der Waals surface area contributed by atoms with E-state index in [0.29, 0.717) is 6.42 Å². The van der Waals surface area contributed by atoms with Crippen molar-refractivity contribution in [2.24, 2.45) is 0 Å². The van der Waals surface area contributed by atoms with Gasteiger partial charge in [0.25, 0.3) is 0 Å². The minimum absolute atomic E-state index is 0.111. The first kappa shape index (κ1) is 30.1. The van der Waals surface area contributed by atoms with Crippen LogP contribution in [-0.4, -0.2) is 35.0 Å². The van der Waals surface area contributed by atoms with Crippen LogP contribution in [0, 0.1) is 0 Å². The molecule has 2 N–H and O–H groups in total. The Bertz CT molecular complexity index is 535. The van der Waals surface area contributed by atoms with Crippen molar-refractivity contribution in [2.45, 2.75) is 135 Å². The van der Waals surface area contributed by atoms with Crippen molar-refractivity contribution in [2.75, 3.05) is 0 Å². The van der Waals surface area contributed by atoms with Crippen molar-refractivity contribution in [3.05, 3.63) is 0 Å². The summed E-state index contributed by atoms with van der Waals surface area (Å²) in [5.41, 5.74) is 0. The van der Waals surface area contributed by atoms with Gasteiger partial charge in [0.15, 0.2) is 0 Å². The minimum atomic E-state index is -1.12. The molecule has 0 heterocycles. The summed E-state index contributed by atoms with van der Waals surface area (Å²) >= 11 is 0. The first-order valence-electron chi connectivity index (χ1n) is 12.6. The van der Waals surface area contributed by atoms with Gasteiger partial charge in [-0.1, -0.05) is 96.8 Å². The minimum Gasteiger partial charge on any atom is -0.481 e. The van der Waals surface area contributed by atoms with Crippen LogP contribution in [0.15, 0.2) is 0 Å². The molecule has 0 aliphatic carbocycles. The van der Waals surface area contributed by atoms with E-state index in [2.05, 4.69) is 12.2 Å². The summed E-state index contributed by atoms with van der Waals surface area (Å²) in [6.07, 6.45) is 18.2. The van der Waals surface area contributed by atoms with E-state index in [4.69, 9.17) is 9.84 Å². The molecule has 0 bridgehead atoms. The van der Waals surface area contributed by atoms with Gasteiger partial charge in [0, 0.05) is 19.8 Å². The van der Waals surface area contributed by atoms with Crippen LogP contribution < -0.4 is 5.32 Å². The van der Waals surface area contributed by atoms with Crippen LogP contribution in [0.1, 0.15) is 129 Å². The van der Waals surface area contributed by atoms with Crippen LogP contribution in [0.4, 0.5) is 0 Å². The molecule has 1 atom stereocenters. The number of rotatable bonds is 21. The Hall–Kier alpha value is -1.92. The van der Waals surface area contributed by atoms with Gasteiger partial charge in [-0.15, -0.1) is 0 Å².